The predicted octanol–water partition coefficient (Wildman–Crippen LogP) is 3.84. The van der Waals surface area contributed by atoms with Crippen molar-refractivity contribution < 1.29 is 9.53 Å². The van der Waals surface area contributed by atoms with Gasteiger partial charge < -0.3 is 4.74 Å². The molecule has 0 radical (unpaired) electrons. The summed E-state index contributed by atoms with van der Waals surface area (Å²) in [7, 11) is 0. The summed E-state index contributed by atoms with van der Waals surface area (Å²) in [6, 6.07) is 0. The van der Waals surface area contributed by atoms with Gasteiger partial charge in [0.25, 0.3) is 0 Å². The van der Waals surface area contributed by atoms with E-state index in [2.05, 4.69) is 35.6 Å². The molecule has 2 nitrogen and oxygen atoms in total. The smallest absolute Gasteiger partial charge is 0.303 e. The van der Waals surface area contributed by atoms with Crippen LogP contribution >= 0.6 is 22.6 Å². The third kappa shape index (κ3) is 7.35. The minimum absolute atomic E-state index is 0.0882. The molecule has 0 unspecified atom stereocenters. The number of carbonyl (C=O) groups excluding carboxylic acids is 1. The van der Waals surface area contributed by atoms with Crippen molar-refractivity contribution >= 4 is 28.6 Å². The van der Waals surface area contributed by atoms with Crippen LogP contribution < -0.4 is 0 Å². The first-order valence-electron chi connectivity index (χ1n) is 5.10. The van der Waals surface area contributed by atoms with Crippen LogP contribution in [0.3, 0.4) is 0 Å². The quantitative estimate of drug-likeness (QED) is 0.423. The van der Waals surface area contributed by atoms with Crippen molar-refractivity contribution in [3.05, 3.63) is 9.66 Å². The molecule has 0 aromatic heterocycles. The lowest BCUT2D eigenvalue weighted by Gasteiger charge is -2.10. The zero-order chi connectivity index (χ0) is 11.0. The first-order valence-corrected chi connectivity index (χ1v) is 6.18. The highest BCUT2D eigenvalue weighted by Crippen LogP contribution is 2.16. The van der Waals surface area contributed by atoms with Crippen LogP contribution in [0.15, 0.2) is 9.66 Å². The number of halogens is 1. The lowest BCUT2D eigenvalue weighted by Crippen LogP contribution is -2.11. The summed E-state index contributed by atoms with van der Waals surface area (Å²) >= 11 is 2.24. The molecule has 0 aliphatic carbocycles. The predicted molar refractivity (Wildman–Crippen MR) is 67.5 cm³/mol. The van der Waals surface area contributed by atoms with Gasteiger partial charge >= 0.3 is 5.97 Å². The van der Waals surface area contributed by atoms with Crippen molar-refractivity contribution in [2.24, 2.45) is 0 Å². The van der Waals surface area contributed by atoms with Gasteiger partial charge in [0, 0.05) is 10.5 Å². The lowest BCUT2D eigenvalue weighted by atomic mass is 10.2. The molecule has 14 heavy (non-hydrogen) atoms. The summed E-state index contributed by atoms with van der Waals surface area (Å²) in [6.07, 6.45) is 6.87. The van der Waals surface area contributed by atoms with E-state index in [4.69, 9.17) is 4.74 Å². The van der Waals surface area contributed by atoms with Crippen molar-refractivity contribution in [1.82, 2.24) is 0 Å². The fourth-order valence-corrected chi connectivity index (χ4v) is 1.54. The van der Waals surface area contributed by atoms with Gasteiger partial charge in [-0.05, 0) is 42.4 Å². The molecule has 0 rings (SSSR count). The number of hydrogen-bond acceptors (Lipinski definition) is 2. The Morgan fingerprint density at radius 2 is 2.14 bits per heavy atom. The Kier molecular flexibility index (Phi) is 8.23. The fraction of sp³-hybridized carbons (Fsp3) is 0.727. The van der Waals surface area contributed by atoms with Crippen molar-refractivity contribution in [2.45, 2.75) is 52.6 Å². The highest BCUT2D eigenvalue weighted by atomic mass is 127. The molecule has 1 atom stereocenters. The molecule has 0 amide bonds. The second-order valence-corrected chi connectivity index (χ2v) is 4.58. The molecule has 82 valence electrons. The molecule has 0 fully saturated rings. The van der Waals surface area contributed by atoms with Crippen molar-refractivity contribution in [1.29, 1.82) is 0 Å². The van der Waals surface area contributed by atoms with Crippen LogP contribution in [0.25, 0.3) is 0 Å². The van der Waals surface area contributed by atoms with Crippen molar-refractivity contribution in [3.8, 4) is 0 Å². The SMILES string of the molecule is CCCCC/C=C(\I)[C@@H](C)OC(C)=O. The first-order chi connectivity index (χ1) is 6.57. The number of allylic oxidation sites excluding steroid dienone is 1. The van der Waals surface area contributed by atoms with E-state index in [9.17, 15) is 4.79 Å². The Morgan fingerprint density at radius 3 is 2.64 bits per heavy atom. The fourth-order valence-electron chi connectivity index (χ4n) is 1.11. The number of carbonyl (C=O) groups is 1. The van der Waals surface area contributed by atoms with Gasteiger partial charge in [0.05, 0.1) is 0 Å². The molecular weight excluding hydrogens is 291 g/mol. The molecule has 3 heteroatoms. The molecule has 0 N–H and O–H groups in total. The first kappa shape index (κ1) is 13.9. The number of rotatable bonds is 6. The Bertz CT molecular complexity index is 199. The molecule has 0 heterocycles. The Morgan fingerprint density at radius 1 is 1.50 bits per heavy atom. The largest absolute Gasteiger partial charge is 0.458 e. The van der Waals surface area contributed by atoms with Crippen LogP contribution in [0, 0.1) is 0 Å². The van der Waals surface area contributed by atoms with E-state index >= 15 is 0 Å². The minimum Gasteiger partial charge on any atom is -0.458 e. The van der Waals surface area contributed by atoms with Crippen LogP contribution in [0.2, 0.25) is 0 Å². The molecular formula is C11H19IO2. The average molecular weight is 310 g/mol. The Hall–Kier alpha value is -0.0600. The second-order valence-electron chi connectivity index (χ2n) is 3.34. The second kappa shape index (κ2) is 8.26. The monoisotopic (exact) mass is 310 g/mol. The van der Waals surface area contributed by atoms with Crippen LogP contribution in [0.1, 0.15) is 46.5 Å². The van der Waals surface area contributed by atoms with E-state index in [0.29, 0.717) is 0 Å². The summed E-state index contributed by atoms with van der Waals surface area (Å²) in [5.41, 5.74) is 0. The molecule has 0 saturated heterocycles. The van der Waals surface area contributed by atoms with Crippen LogP contribution in [-0.2, 0) is 9.53 Å². The molecule has 0 aromatic rings. The standard InChI is InChI=1S/C11H19IO2/c1-4-5-6-7-8-11(12)9(2)14-10(3)13/h8-9H,4-7H2,1-3H3/b11-8-/t9-/m1/s1. The van der Waals surface area contributed by atoms with Crippen molar-refractivity contribution in [2.75, 3.05) is 0 Å². The number of hydrogen-bond donors (Lipinski definition) is 0. The van der Waals surface area contributed by atoms with Gasteiger partial charge in [-0.25, -0.2) is 0 Å². The van der Waals surface area contributed by atoms with E-state index < -0.39 is 0 Å². The van der Waals surface area contributed by atoms with Gasteiger partial charge in [0.2, 0.25) is 0 Å². The van der Waals surface area contributed by atoms with Gasteiger partial charge in [-0.3, -0.25) is 4.79 Å². The maximum absolute atomic E-state index is 10.7. The van der Waals surface area contributed by atoms with Crippen LogP contribution in [0.5, 0.6) is 0 Å². The lowest BCUT2D eigenvalue weighted by molar-refractivity contribution is -0.143. The van der Waals surface area contributed by atoms with Crippen molar-refractivity contribution in [3.63, 3.8) is 0 Å². The van der Waals surface area contributed by atoms with E-state index in [1.54, 1.807) is 0 Å². The highest BCUT2D eigenvalue weighted by molar-refractivity contribution is 14.1. The van der Waals surface area contributed by atoms with Gasteiger partial charge in [0.1, 0.15) is 6.10 Å². The highest BCUT2D eigenvalue weighted by Gasteiger charge is 2.07. The summed E-state index contributed by atoms with van der Waals surface area (Å²) in [5, 5.41) is 0. The van der Waals surface area contributed by atoms with Gasteiger partial charge in [-0.1, -0.05) is 25.8 Å². The summed E-state index contributed by atoms with van der Waals surface area (Å²) in [5.74, 6) is -0.214. The van der Waals surface area contributed by atoms with Crippen LogP contribution in [-0.4, -0.2) is 12.1 Å². The molecule has 0 aromatic carbocycles. The molecule has 0 bridgehead atoms. The van der Waals surface area contributed by atoms with E-state index in [1.165, 1.54) is 26.2 Å². The van der Waals surface area contributed by atoms with Crippen LogP contribution in [0.4, 0.5) is 0 Å². The number of esters is 1. The third-order valence-corrected chi connectivity index (χ3v) is 3.20. The molecule has 0 saturated carbocycles. The minimum atomic E-state index is -0.214. The van der Waals surface area contributed by atoms with Gasteiger partial charge in [-0.15, -0.1) is 0 Å². The summed E-state index contributed by atoms with van der Waals surface area (Å²) in [4.78, 5) is 10.7. The summed E-state index contributed by atoms with van der Waals surface area (Å²) in [6.45, 7) is 5.53. The zero-order valence-electron chi connectivity index (χ0n) is 9.18. The van der Waals surface area contributed by atoms with E-state index in [-0.39, 0.29) is 12.1 Å². The number of unbranched alkanes of at least 4 members (excludes halogenated alkanes) is 3. The number of ether oxygens (including phenoxy) is 1. The zero-order valence-corrected chi connectivity index (χ0v) is 11.3. The molecule has 0 aliphatic rings. The normalized spacial score (nSPS) is 13.9. The third-order valence-electron chi connectivity index (χ3n) is 1.88. The molecule has 0 spiro atoms. The Labute approximate surface area is 100 Å². The van der Waals surface area contributed by atoms with Gasteiger partial charge in [0.15, 0.2) is 0 Å². The van der Waals surface area contributed by atoms with E-state index in [1.807, 2.05) is 6.92 Å². The maximum atomic E-state index is 10.7. The average Bonchev–Trinajstić information content (AvgIpc) is 2.11. The maximum Gasteiger partial charge on any atom is 0.303 e. The summed E-state index contributed by atoms with van der Waals surface area (Å²) < 4.78 is 6.17. The Balaban J connectivity index is 3.78. The topological polar surface area (TPSA) is 26.3 Å². The van der Waals surface area contributed by atoms with Gasteiger partial charge in [-0.2, -0.15) is 0 Å². The molecule has 0 aliphatic heterocycles. The van der Waals surface area contributed by atoms with E-state index in [0.717, 1.165) is 10.0 Å².